The lowest BCUT2D eigenvalue weighted by atomic mass is 10.1. The molecule has 1 atom stereocenters. The van der Waals surface area contributed by atoms with Crippen LogP contribution in [-0.2, 0) is 4.79 Å². The predicted molar refractivity (Wildman–Crippen MR) is 107 cm³/mol. The third-order valence-corrected chi connectivity index (χ3v) is 5.22. The van der Waals surface area contributed by atoms with Gasteiger partial charge < -0.3 is 24.0 Å². The minimum Gasteiger partial charge on any atom is -0.481 e. The average Bonchev–Trinajstić information content (AvgIpc) is 3.22. The second kappa shape index (κ2) is 8.21. The predicted octanol–water partition coefficient (Wildman–Crippen LogP) is 2.82. The van der Waals surface area contributed by atoms with Crippen molar-refractivity contribution in [2.24, 2.45) is 0 Å². The van der Waals surface area contributed by atoms with Gasteiger partial charge in [0.25, 0.3) is 11.8 Å². The summed E-state index contributed by atoms with van der Waals surface area (Å²) in [5.41, 5.74) is 0.550. The van der Waals surface area contributed by atoms with E-state index in [1.165, 1.54) is 0 Å². The van der Waals surface area contributed by atoms with Crippen LogP contribution in [0.2, 0.25) is 5.02 Å². The quantitative estimate of drug-likeness (QED) is 0.766. The van der Waals surface area contributed by atoms with E-state index >= 15 is 0 Å². The first-order valence-corrected chi connectivity index (χ1v) is 9.79. The summed E-state index contributed by atoms with van der Waals surface area (Å²) in [5, 5.41) is 0.611. The van der Waals surface area contributed by atoms with Gasteiger partial charge in [0, 0.05) is 36.8 Å². The zero-order chi connectivity index (χ0) is 20.4. The second-order valence-electron chi connectivity index (χ2n) is 6.90. The summed E-state index contributed by atoms with van der Waals surface area (Å²) in [6.07, 6.45) is -0.618. The monoisotopic (exact) mass is 416 g/mol. The molecule has 0 bridgehead atoms. The van der Waals surface area contributed by atoms with Crippen LogP contribution in [0.1, 0.15) is 17.3 Å². The molecule has 152 valence electrons. The number of hydrogen-bond acceptors (Lipinski definition) is 5. The van der Waals surface area contributed by atoms with E-state index in [1.807, 2.05) is 0 Å². The highest BCUT2D eigenvalue weighted by Crippen LogP contribution is 2.32. The topological polar surface area (TPSA) is 68.3 Å². The van der Waals surface area contributed by atoms with Crippen LogP contribution < -0.4 is 14.2 Å². The maximum Gasteiger partial charge on any atom is 0.263 e. The molecular weight excluding hydrogens is 396 g/mol. The molecule has 1 saturated heterocycles. The van der Waals surface area contributed by atoms with Gasteiger partial charge in [-0.2, -0.15) is 0 Å². The van der Waals surface area contributed by atoms with Gasteiger partial charge in [-0.1, -0.05) is 11.6 Å². The van der Waals surface area contributed by atoms with Gasteiger partial charge in [-0.25, -0.2) is 0 Å². The molecule has 0 aromatic heterocycles. The van der Waals surface area contributed by atoms with Gasteiger partial charge in [0.15, 0.2) is 17.6 Å². The molecular formula is C21H21ClN2O5. The smallest absolute Gasteiger partial charge is 0.263 e. The van der Waals surface area contributed by atoms with E-state index in [2.05, 4.69) is 0 Å². The second-order valence-corrected chi connectivity index (χ2v) is 7.34. The SMILES string of the molecule is CC(Oc1ccc(Cl)cc1)C(=O)N1CCN(C(=O)c2ccc3c(c2)OCO3)CC1. The zero-order valence-electron chi connectivity index (χ0n) is 16.0. The van der Waals surface area contributed by atoms with Crippen LogP contribution in [0, 0.1) is 0 Å². The summed E-state index contributed by atoms with van der Waals surface area (Å²) in [5.74, 6) is 1.63. The molecule has 2 amide bonds. The number of carbonyl (C=O) groups is 2. The number of amides is 2. The normalized spacial score (nSPS) is 16.5. The molecule has 4 rings (SSSR count). The molecule has 0 N–H and O–H groups in total. The van der Waals surface area contributed by atoms with E-state index in [4.69, 9.17) is 25.8 Å². The minimum absolute atomic E-state index is 0.0825. The molecule has 2 heterocycles. The van der Waals surface area contributed by atoms with E-state index in [0.717, 1.165) is 0 Å². The first-order chi connectivity index (χ1) is 14.0. The van der Waals surface area contributed by atoms with Crippen LogP contribution in [0.25, 0.3) is 0 Å². The fourth-order valence-corrected chi connectivity index (χ4v) is 3.49. The van der Waals surface area contributed by atoms with Gasteiger partial charge in [0.2, 0.25) is 6.79 Å². The van der Waals surface area contributed by atoms with Crippen LogP contribution in [0.3, 0.4) is 0 Å². The molecule has 8 heteroatoms. The first-order valence-electron chi connectivity index (χ1n) is 9.41. The van der Waals surface area contributed by atoms with Crippen LogP contribution >= 0.6 is 11.6 Å². The maximum absolute atomic E-state index is 12.8. The number of benzene rings is 2. The van der Waals surface area contributed by atoms with Crippen molar-refractivity contribution in [3.8, 4) is 17.2 Å². The number of ether oxygens (including phenoxy) is 3. The molecule has 29 heavy (non-hydrogen) atoms. The third kappa shape index (κ3) is 4.24. The number of carbonyl (C=O) groups excluding carboxylic acids is 2. The van der Waals surface area contributed by atoms with E-state index in [9.17, 15) is 9.59 Å². The lowest BCUT2D eigenvalue weighted by Crippen LogP contribution is -2.53. The van der Waals surface area contributed by atoms with Crippen LogP contribution in [0.15, 0.2) is 42.5 Å². The molecule has 7 nitrogen and oxygen atoms in total. The molecule has 0 aliphatic carbocycles. The first kappa shape index (κ1) is 19.4. The number of rotatable bonds is 4. The fraction of sp³-hybridized carbons (Fsp3) is 0.333. The van der Waals surface area contributed by atoms with Crippen molar-refractivity contribution in [2.45, 2.75) is 13.0 Å². The number of piperazine rings is 1. The summed E-state index contributed by atoms with van der Waals surface area (Å²) in [7, 11) is 0. The molecule has 2 aromatic carbocycles. The molecule has 1 fully saturated rings. The Hall–Kier alpha value is -2.93. The highest BCUT2D eigenvalue weighted by atomic mass is 35.5. The van der Waals surface area contributed by atoms with Crippen molar-refractivity contribution in [3.63, 3.8) is 0 Å². The van der Waals surface area contributed by atoms with E-state index in [0.29, 0.717) is 54.0 Å². The van der Waals surface area contributed by atoms with Crippen molar-refractivity contribution in [2.75, 3.05) is 33.0 Å². The number of fused-ring (bicyclic) bond motifs is 1. The lowest BCUT2D eigenvalue weighted by Gasteiger charge is -2.36. The van der Waals surface area contributed by atoms with Crippen molar-refractivity contribution in [3.05, 3.63) is 53.1 Å². The minimum atomic E-state index is -0.618. The van der Waals surface area contributed by atoms with Gasteiger partial charge >= 0.3 is 0 Å². The van der Waals surface area contributed by atoms with E-state index < -0.39 is 6.10 Å². The van der Waals surface area contributed by atoms with Gasteiger partial charge in [0.05, 0.1) is 0 Å². The standard InChI is InChI=1S/C21H21ClN2O5/c1-14(29-17-5-3-16(22)4-6-17)20(25)23-8-10-24(11-9-23)21(26)15-2-7-18-19(12-15)28-13-27-18/h2-7,12,14H,8-11,13H2,1H3. The molecule has 2 aliphatic heterocycles. The van der Waals surface area contributed by atoms with Gasteiger partial charge in [-0.15, -0.1) is 0 Å². The molecule has 2 aromatic rings. The van der Waals surface area contributed by atoms with Crippen LogP contribution in [-0.4, -0.2) is 60.7 Å². The summed E-state index contributed by atoms with van der Waals surface area (Å²) in [4.78, 5) is 28.9. The van der Waals surface area contributed by atoms with Gasteiger partial charge in [-0.05, 0) is 49.4 Å². The van der Waals surface area contributed by atoms with Gasteiger partial charge in [0.1, 0.15) is 5.75 Å². The van der Waals surface area contributed by atoms with Crippen molar-refractivity contribution in [1.29, 1.82) is 0 Å². The van der Waals surface area contributed by atoms with E-state index in [-0.39, 0.29) is 18.6 Å². The van der Waals surface area contributed by atoms with Crippen LogP contribution in [0.5, 0.6) is 17.2 Å². The Bertz CT molecular complexity index is 910. The lowest BCUT2D eigenvalue weighted by molar-refractivity contribution is -0.139. The Kier molecular flexibility index (Phi) is 5.49. The summed E-state index contributed by atoms with van der Waals surface area (Å²) in [6, 6.07) is 12.1. The molecule has 1 unspecified atom stereocenters. The Morgan fingerprint density at radius 3 is 2.34 bits per heavy atom. The van der Waals surface area contributed by atoms with Crippen molar-refractivity contribution >= 4 is 23.4 Å². The zero-order valence-corrected chi connectivity index (χ0v) is 16.7. The summed E-state index contributed by atoms with van der Waals surface area (Å²) < 4.78 is 16.3. The Morgan fingerprint density at radius 1 is 0.966 bits per heavy atom. The molecule has 0 spiro atoms. The molecule has 2 aliphatic rings. The van der Waals surface area contributed by atoms with Crippen LogP contribution in [0.4, 0.5) is 0 Å². The van der Waals surface area contributed by atoms with Crippen molar-refractivity contribution in [1.82, 2.24) is 9.80 Å². The Balaban J connectivity index is 1.32. The highest BCUT2D eigenvalue weighted by Gasteiger charge is 2.29. The van der Waals surface area contributed by atoms with Crippen molar-refractivity contribution < 1.29 is 23.8 Å². The third-order valence-electron chi connectivity index (χ3n) is 4.97. The van der Waals surface area contributed by atoms with Gasteiger partial charge in [-0.3, -0.25) is 9.59 Å². The Labute approximate surface area is 173 Å². The maximum atomic E-state index is 12.8. The largest absolute Gasteiger partial charge is 0.481 e. The fourth-order valence-electron chi connectivity index (χ4n) is 3.37. The summed E-state index contributed by atoms with van der Waals surface area (Å²) in [6.45, 7) is 3.75. The number of hydrogen-bond donors (Lipinski definition) is 0. The Morgan fingerprint density at radius 2 is 1.62 bits per heavy atom. The highest BCUT2D eigenvalue weighted by molar-refractivity contribution is 6.30. The molecule has 0 saturated carbocycles. The summed E-state index contributed by atoms with van der Waals surface area (Å²) >= 11 is 5.87. The number of nitrogens with zero attached hydrogens (tertiary/aromatic N) is 2. The van der Waals surface area contributed by atoms with E-state index in [1.54, 1.807) is 59.2 Å². The average molecular weight is 417 g/mol. The number of halogens is 1. The molecule has 0 radical (unpaired) electrons.